The number of aliphatic hydroxyl groups is 1. The van der Waals surface area contributed by atoms with E-state index in [-0.39, 0.29) is 23.9 Å². The first kappa shape index (κ1) is 29.8. The summed E-state index contributed by atoms with van der Waals surface area (Å²) in [6.07, 6.45) is 22.8. The molecule has 0 heterocycles. The van der Waals surface area contributed by atoms with Gasteiger partial charge in [0.2, 0.25) is 0 Å². The zero-order valence-corrected chi connectivity index (χ0v) is 28.7. The Morgan fingerprint density at radius 1 is 0.651 bits per heavy atom. The number of esters is 1. The maximum atomic E-state index is 14.0. The van der Waals surface area contributed by atoms with Crippen molar-refractivity contribution in [1.29, 1.82) is 0 Å². The largest absolute Gasteiger partial charge is 0.462 e. The average Bonchev–Trinajstić information content (AvgIpc) is 3.31. The lowest BCUT2D eigenvalue weighted by molar-refractivity contribution is -0.161. The van der Waals surface area contributed by atoms with Crippen molar-refractivity contribution in [2.45, 2.75) is 163 Å². The molecule has 3 nitrogen and oxygen atoms in total. The maximum absolute atomic E-state index is 14.0. The van der Waals surface area contributed by atoms with Crippen molar-refractivity contribution >= 4 is 5.97 Å². The van der Waals surface area contributed by atoms with E-state index in [2.05, 4.69) is 41.5 Å². The molecule has 8 fully saturated rings. The summed E-state index contributed by atoms with van der Waals surface area (Å²) < 4.78 is 6.32. The maximum Gasteiger partial charge on any atom is 0.309 e. The van der Waals surface area contributed by atoms with Gasteiger partial charge >= 0.3 is 5.97 Å². The molecule has 0 aromatic rings. The van der Waals surface area contributed by atoms with Gasteiger partial charge in [-0.3, -0.25) is 4.79 Å². The van der Waals surface area contributed by atoms with Crippen molar-refractivity contribution < 1.29 is 14.6 Å². The van der Waals surface area contributed by atoms with E-state index < -0.39 is 5.60 Å². The third kappa shape index (κ3) is 4.03. The first-order valence-corrected chi connectivity index (χ1v) is 19.1. The molecular weight excluding hydrogens is 528 g/mol. The van der Waals surface area contributed by atoms with Crippen LogP contribution in [-0.4, -0.2) is 23.3 Å². The van der Waals surface area contributed by atoms with E-state index in [1.54, 1.807) is 0 Å². The number of hydrogen-bond acceptors (Lipinski definition) is 3. The average molecular weight is 593 g/mol. The van der Waals surface area contributed by atoms with Crippen LogP contribution in [0.2, 0.25) is 0 Å². The summed E-state index contributed by atoms with van der Waals surface area (Å²) in [5.41, 5.74) is 1.57. The zero-order chi connectivity index (χ0) is 30.3. The van der Waals surface area contributed by atoms with Crippen LogP contribution < -0.4 is 0 Å². The minimum atomic E-state index is -0.814. The molecule has 1 N–H and O–H groups in total. The molecule has 0 aromatic carbocycles. The first-order chi connectivity index (χ1) is 20.2. The van der Waals surface area contributed by atoms with E-state index in [1.165, 1.54) is 96.3 Å². The number of hydrogen-bond donors (Lipinski definition) is 1. The van der Waals surface area contributed by atoms with Crippen molar-refractivity contribution in [3.8, 4) is 0 Å². The van der Waals surface area contributed by atoms with Crippen LogP contribution in [0.25, 0.3) is 0 Å². The van der Waals surface area contributed by atoms with Crippen molar-refractivity contribution in [2.75, 3.05) is 6.61 Å². The molecule has 8 aliphatic rings. The second-order valence-corrected chi connectivity index (χ2v) is 20.4. The van der Waals surface area contributed by atoms with Crippen molar-refractivity contribution in [2.24, 2.45) is 73.9 Å². The van der Waals surface area contributed by atoms with Crippen molar-refractivity contribution in [3.05, 3.63) is 0 Å². The monoisotopic (exact) mass is 592 g/mol. The van der Waals surface area contributed by atoms with Gasteiger partial charge in [0.25, 0.3) is 0 Å². The van der Waals surface area contributed by atoms with Crippen LogP contribution in [0.5, 0.6) is 0 Å². The first-order valence-electron chi connectivity index (χ1n) is 19.1. The van der Waals surface area contributed by atoms with Crippen LogP contribution in [0.15, 0.2) is 0 Å². The predicted molar refractivity (Wildman–Crippen MR) is 172 cm³/mol. The molecule has 43 heavy (non-hydrogen) atoms. The molecule has 0 aromatic heterocycles. The molecule has 8 saturated carbocycles. The number of ether oxygens (including phenoxy) is 1. The predicted octanol–water partition coefficient (Wildman–Crippen LogP) is 9.74. The number of carbonyl (C=O) groups excluding carboxylic acids is 1. The minimum absolute atomic E-state index is 0.0485. The molecular formula is C40H64O3. The van der Waals surface area contributed by atoms with E-state index in [0.717, 1.165) is 42.9 Å². The molecule has 8 aliphatic carbocycles. The molecule has 12 atom stereocenters. The molecule has 8 rings (SSSR count). The van der Waals surface area contributed by atoms with Crippen LogP contribution >= 0.6 is 0 Å². The molecule has 0 saturated heterocycles. The van der Waals surface area contributed by atoms with Gasteiger partial charge in [-0.15, -0.1) is 0 Å². The highest BCUT2D eigenvalue weighted by atomic mass is 16.5. The second-order valence-electron chi connectivity index (χ2n) is 20.4. The fourth-order valence-corrected chi connectivity index (χ4v) is 16.5. The molecule has 0 amide bonds. The van der Waals surface area contributed by atoms with Crippen LogP contribution in [0.4, 0.5) is 0 Å². The minimum Gasteiger partial charge on any atom is -0.462 e. The van der Waals surface area contributed by atoms with Gasteiger partial charge in [0, 0.05) is 0 Å². The fraction of sp³-hybridized carbons (Fsp3) is 0.975. The quantitative estimate of drug-likeness (QED) is 0.332. The third-order valence-corrected chi connectivity index (χ3v) is 17.8. The summed E-state index contributed by atoms with van der Waals surface area (Å²) in [4.78, 5) is 14.0. The molecule has 0 aliphatic heterocycles. The smallest absolute Gasteiger partial charge is 0.309 e. The molecule has 0 radical (unpaired) electrons. The highest BCUT2D eigenvalue weighted by Crippen LogP contribution is 2.74. The van der Waals surface area contributed by atoms with E-state index in [9.17, 15) is 9.90 Å². The Kier molecular flexibility index (Phi) is 6.43. The van der Waals surface area contributed by atoms with Crippen LogP contribution in [0, 0.1) is 73.9 Å². The van der Waals surface area contributed by atoms with E-state index in [1.807, 2.05) is 0 Å². The van der Waals surface area contributed by atoms with Crippen molar-refractivity contribution in [3.63, 3.8) is 0 Å². The van der Waals surface area contributed by atoms with Gasteiger partial charge in [0.05, 0.1) is 5.92 Å². The summed E-state index contributed by atoms with van der Waals surface area (Å²) in [5, 5.41) is 12.3. The van der Waals surface area contributed by atoms with E-state index in [0.29, 0.717) is 38.9 Å². The van der Waals surface area contributed by atoms with Gasteiger partial charge in [-0.2, -0.15) is 0 Å². The van der Waals surface area contributed by atoms with Gasteiger partial charge in [0.15, 0.2) is 0 Å². The Morgan fingerprint density at radius 2 is 1.23 bits per heavy atom. The Balaban J connectivity index is 0.962. The van der Waals surface area contributed by atoms with Crippen LogP contribution in [-0.2, 0) is 9.53 Å². The highest BCUT2D eigenvalue weighted by molar-refractivity contribution is 5.73. The van der Waals surface area contributed by atoms with E-state index in [4.69, 9.17) is 4.74 Å². The lowest BCUT2D eigenvalue weighted by Gasteiger charge is -2.64. The lowest BCUT2D eigenvalue weighted by Crippen LogP contribution is -2.55. The third-order valence-electron chi connectivity index (χ3n) is 17.8. The Hall–Kier alpha value is -0.570. The highest BCUT2D eigenvalue weighted by Gasteiger charge is 2.68. The molecule has 4 bridgehead atoms. The summed E-state index contributed by atoms with van der Waals surface area (Å²) in [6, 6.07) is 0. The molecule has 242 valence electrons. The normalized spacial score (nSPS) is 55.8. The Labute approximate surface area is 263 Å². The van der Waals surface area contributed by atoms with Gasteiger partial charge in [0.1, 0.15) is 12.2 Å². The zero-order valence-electron chi connectivity index (χ0n) is 28.7. The van der Waals surface area contributed by atoms with Gasteiger partial charge < -0.3 is 9.84 Å². The van der Waals surface area contributed by atoms with Gasteiger partial charge in [-0.05, 0) is 171 Å². The summed E-state index contributed by atoms with van der Waals surface area (Å²) in [7, 11) is 0. The molecule has 3 heteroatoms. The van der Waals surface area contributed by atoms with Crippen LogP contribution in [0.1, 0.15) is 157 Å². The number of rotatable bonds is 3. The topological polar surface area (TPSA) is 46.5 Å². The Morgan fingerprint density at radius 3 is 1.88 bits per heavy atom. The summed E-state index contributed by atoms with van der Waals surface area (Å²) in [6.45, 7) is 15.7. The van der Waals surface area contributed by atoms with E-state index >= 15 is 0 Å². The molecule has 0 unspecified atom stereocenters. The lowest BCUT2D eigenvalue weighted by atomic mass is 9.41. The van der Waals surface area contributed by atoms with Gasteiger partial charge in [-0.1, -0.05) is 54.4 Å². The number of carbonyl (C=O) groups is 1. The standard InChI is InChI=1S/C40H64O3/c1-34(2)15-7-17-36(5)29(34)13-19-38-21-26(9-11-31(36)38)28(23-38)33(41)43-25-40(42)24-39-20-14-30-35(3,4)16-8-18-37(30,6)32(39)12-10-27(40)22-39/h26-32,42H,7-25H2,1-6H3/t26-,27-,28+,29-,30-,31+,32+,36-,37-,38+,39+,40+/m1/s1. The van der Waals surface area contributed by atoms with Crippen LogP contribution in [0.3, 0.4) is 0 Å². The fourth-order valence-electron chi connectivity index (χ4n) is 16.5. The summed E-state index contributed by atoms with van der Waals surface area (Å²) >= 11 is 0. The Bertz CT molecular complexity index is 1160. The SMILES string of the molecule is CC1(C)CCC[C@]2(C)[C@@H]1CC[C@@]13C[C@@H](CC[C@H]12)[C@@H](C(=O)OC[C@@]1(O)C[C@@]24CC[C@@H]5C(C)(C)CCC[C@@]5(C)[C@@H]2CC[C@@H]1C4)C3. The number of fused-ring (bicyclic) bond motifs is 6. The summed E-state index contributed by atoms with van der Waals surface area (Å²) in [5.74, 6) is 4.09. The van der Waals surface area contributed by atoms with Crippen molar-refractivity contribution in [1.82, 2.24) is 0 Å². The van der Waals surface area contributed by atoms with Gasteiger partial charge in [-0.25, -0.2) is 0 Å². The second kappa shape index (κ2) is 9.28. The molecule has 2 spiro atoms.